The molecule has 0 aliphatic carbocycles. The molecule has 0 aromatic carbocycles. The van der Waals surface area contributed by atoms with Gasteiger partial charge in [-0.15, -0.1) is 16.8 Å². The molecule has 116 valence electrons. The molecule has 0 spiro atoms. The van der Waals surface area contributed by atoms with E-state index in [0.29, 0.717) is 17.7 Å². The zero-order valence-electron chi connectivity index (χ0n) is 12.4. The average molecular weight is 311 g/mol. The van der Waals surface area contributed by atoms with E-state index >= 15 is 0 Å². The van der Waals surface area contributed by atoms with Crippen molar-refractivity contribution < 1.29 is 14.1 Å². The number of amides is 1. The summed E-state index contributed by atoms with van der Waals surface area (Å²) in [4.78, 5) is 13.3. The van der Waals surface area contributed by atoms with Crippen molar-refractivity contribution in [3.05, 3.63) is 18.5 Å². The lowest BCUT2D eigenvalue weighted by Gasteiger charge is -2.21. The maximum absolute atomic E-state index is 11.8. The molecular formula is C14H23N4O2S+. The molecule has 2 rings (SSSR count). The normalized spacial score (nSPS) is 17.4. The summed E-state index contributed by atoms with van der Waals surface area (Å²) >= 11 is 1.29. The molecule has 1 saturated heterocycles. The molecule has 1 aromatic rings. The lowest BCUT2D eigenvalue weighted by Crippen LogP contribution is -3.11. The van der Waals surface area contributed by atoms with Gasteiger partial charge in [0.05, 0.1) is 18.3 Å². The van der Waals surface area contributed by atoms with Gasteiger partial charge in [-0.05, 0) is 26.2 Å². The molecule has 2 N–H and O–H groups in total. The van der Waals surface area contributed by atoms with Gasteiger partial charge in [-0.1, -0.05) is 17.8 Å². The van der Waals surface area contributed by atoms with Crippen molar-refractivity contribution in [2.75, 3.05) is 19.6 Å². The Bertz CT molecular complexity index is 471. The molecule has 0 saturated carbocycles. The molecule has 21 heavy (non-hydrogen) atoms. The Hall–Kier alpha value is -1.34. The van der Waals surface area contributed by atoms with Crippen LogP contribution in [0, 0.1) is 0 Å². The van der Waals surface area contributed by atoms with Crippen molar-refractivity contribution >= 4 is 17.7 Å². The quantitative estimate of drug-likeness (QED) is 0.564. The van der Waals surface area contributed by atoms with Crippen molar-refractivity contribution in [3.63, 3.8) is 0 Å². The van der Waals surface area contributed by atoms with E-state index in [-0.39, 0.29) is 11.2 Å². The Labute approximate surface area is 129 Å². The van der Waals surface area contributed by atoms with Gasteiger partial charge in [0.25, 0.3) is 11.1 Å². The van der Waals surface area contributed by atoms with Gasteiger partial charge in [0.2, 0.25) is 5.91 Å². The predicted molar refractivity (Wildman–Crippen MR) is 81.1 cm³/mol. The zero-order valence-corrected chi connectivity index (χ0v) is 13.2. The van der Waals surface area contributed by atoms with Crippen LogP contribution in [0.4, 0.5) is 0 Å². The topological polar surface area (TPSA) is 72.5 Å². The Morgan fingerprint density at radius 1 is 1.48 bits per heavy atom. The number of carbonyl (C=O) groups excluding carboxylic acids is 1. The van der Waals surface area contributed by atoms with E-state index in [2.05, 4.69) is 22.1 Å². The molecule has 1 aliphatic heterocycles. The number of nitrogens with zero attached hydrogens (tertiary/aromatic N) is 2. The lowest BCUT2D eigenvalue weighted by atomic mass is 10.1. The number of hydrogen-bond donors (Lipinski definition) is 2. The number of hydrogen-bond acceptors (Lipinski definition) is 5. The van der Waals surface area contributed by atoms with E-state index in [1.807, 2.05) is 6.92 Å². The van der Waals surface area contributed by atoms with Crippen LogP contribution in [-0.2, 0) is 11.3 Å². The molecule has 1 atom stereocenters. The van der Waals surface area contributed by atoms with Gasteiger partial charge in [-0.3, -0.25) is 4.79 Å². The average Bonchev–Trinajstić information content (AvgIpc) is 2.92. The van der Waals surface area contributed by atoms with Crippen LogP contribution in [0.3, 0.4) is 0 Å². The first-order valence-corrected chi connectivity index (χ1v) is 8.28. The Morgan fingerprint density at radius 3 is 2.95 bits per heavy atom. The van der Waals surface area contributed by atoms with E-state index in [4.69, 9.17) is 4.42 Å². The van der Waals surface area contributed by atoms with Crippen LogP contribution in [0.25, 0.3) is 0 Å². The van der Waals surface area contributed by atoms with Gasteiger partial charge in [0.15, 0.2) is 6.54 Å². The summed E-state index contributed by atoms with van der Waals surface area (Å²) in [6, 6.07) is 0. The fourth-order valence-electron chi connectivity index (χ4n) is 2.32. The summed E-state index contributed by atoms with van der Waals surface area (Å²) in [6.07, 6.45) is 5.52. The van der Waals surface area contributed by atoms with Gasteiger partial charge in [0, 0.05) is 6.54 Å². The summed E-state index contributed by atoms with van der Waals surface area (Å²) in [7, 11) is 0. The summed E-state index contributed by atoms with van der Waals surface area (Å²) in [5, 5.41) is 11.0. The number of nitrogens with one attached hydrogen (secondary N) is 2. The van der Waals surface area contributed by atoms with Crippen molar-refractivity contribution in [2.45, 2.75) is 43.2 Å². The minimum atomic E-state index is -0.263. The molecule has 1 amide bonds. The number of rotatable bonds is 7. The summed E-state index contributed by atoms with van der Waals surface area (Å²) in [5.41, 5.74) is 0. The maximum Gasteiger partial charge on any atom is 0.277 e. The third-order valence-corrected chi connectivity index (χ3v) is 4.41. The summed E-state index contributed by atoms with van der Waals surface area (Å²) < 4.78 is 5.63. The van der Waals surface area contributed by atoms with E-state index < -0.39 is 0 Å². The van der Waals surface area contributed by atoms with Gasteiger partial charge < -0.3 is 14.6 Å². The predicted octanol–water partition coefficient (Wildman–Crippen LogP) is 0.421. The molecule has 1 aliphatic rings. The monoisotopic (exact) mass is 311 g/mol. The molecule has 1 aromatic heterocycles. The first-order valence-electron chi connectivity index (χ1n) is 7.40. The molecule has 0 unspecified atom stereocenters. The standard InChI is InChI=1S/C14H22N4O2S/c1-3-7-15-13(19)11(2)21-14-17-16-12(20-14)10-18-8-5-4-6-9-18/h3,11H,1,4-10H2,2H3,(H,15,19)/p+1/t11-/m0/s1. The molecular weight excluding hydrogens is 288 g/mol. The second-order valence-electron chi connectivity index (χ2n) is 5.24. The second-order valence-corrected chi connectivity index (χ2v) is 6.54. The number of quaternary nitrogens is 1. The van der Waals surface area contributed by atoms with Gasteiger partial charge >= 0.3 is 0 Å². The maximum atomic E-state index is 11.8. The number of thioether (sulfide) groups is 1. The van der Waals surface area contributed by atoms with E-state index in [0.717, 1.165) is 6.54 Å². The highest BCUT2D eigenvalue weighted by atomic mass is 32.2. The SMILES string of the molecule is C=CCNC(=O)[C@H](C)Sc1nnc(C[NH+]2CCCCC2)o1. The van der Waals surface area contributed by atoms with Crippen LogP contribution >= 0.6 is 11.8 Å². The van der Waals surface area contributed by atoms with Crippen LogP contribution in [0.2, 0.25) is 0 Å². The van der Waals surface area contributed by atoms with Crippen molar-refractivity contribution in [2.24, 2.45) is 0 Å². The number of likely N-dealkylation sites (tertiary alicyclic amines) is 1. The number of carbonyl (C=O) groups is 1. The van der Waals surface area contributed by atoms with E-state index in [1.54, 1.807) is 6.08 Å². The van der Waals surface area contributed by atoms with Crippen molar-refractivity contribution in [3.8, 4) is 0 Å². The third-order valence-electron chi connectivity index (χ3n) is 3.48. The molecule has 0 bridgehead atoms. The van der Waals surface area contributed by atoms with E-state index in [9.17, 15) is 4.79 Å². The number of piperidine rings is 1. The molecule has 0 radical (unpaired) electrons. The van der Waals surface area contributed by atoms with Gasteiger partial charge in [-0.25, -0.2) is 0 Å². The fraction of sp³-hybridized carbons (Fsp3) is 0.643. The third kappa shape index (κ3) is 5.17. The first kappa shape index (κ1) is 16.0. The second kappa shape index (κ2) is 8.19. The minimum Gasteiger partial charge on any atom is -0.410 e. The van der Waals surface area contributed by atoms with Crippen LogP contribution < -0.4 is 10.2 Å². The molecule has 7 heteroatoms. The van der Waals surface area contributed by atoms with Gasteiger partial charge in [-0.2, -0.15) is 0 Å². The highest BCUT2D eigenvalue weighted by Gasteiger charge is 2.20. The molecule has 1 fully saturated rings. The summed E-state index contributed by atoms with van der Waals surface area (Å²) in [5.74, 6) is 0.606. The lowest BCUT2D eigenvalue weighted by molar-refractivity contribution is -0.919. The Kier molecular flexibility index (Phi) is 6.25. The van der Waals surface area contributed by atoms with Crippen LogP contribution in [0.15, 0.2) is 22.3 Å². The van der Waals surface area contributed by atoms with E-state index in [1.165, 1.54) is 49.0 Å². The smallest absolute Gasteiger partial charge is 0.277 e. The molecule has 6 nitrogen and oxygen atoms in total. The Balaban J connectivity index is 1.81. The fourth-order valence-corrected chi connectivity index (χ4v) is 3.05. The van der Waals surface area contributed by atoms with Crippen LogP contribution in [0.1, 0.15) is 32.1 Å². The zero-order chi connectivity index (χ0) is 15.1. The van der Waals surface area contributed by atoms with Crippen molar-refractivity contribution in [1.29, 1.82) is 0 Å². The Morgan fingerprint density at radius 2 is 2.24 bits per heavy atom. The minimum absolute atomic E-state index is 0.0543. The highest BCUT2D eigenvalue weighted by molar-refractivity contribution is 8.00. The highest BCUT2D eigenvalue weighted by Crippen LogP contribution is 2.21. The first-order chi connectivity index (χ1) is 10.2. The molecule has 2 heterocycles. The van der Waals surface area contributed by atoms with Crippen LogP contribution in [0.5, 0.6) is 0 Å². The van der Waals surface area contributed by atoms with Gasteiger partial charge in [0.1, 0.15) is 0 Å². The largest absolute Gasteiger partial charge is 0.410 e. The number of aromatic nitrogens is 2. The van der Waals surface area contributed by atoms with Crippen molar-refractivity contribution in [1.82, 2.24) is 15.5 Å². The van der Waals surface area contributed by atoms with Crippen LogP contribution in [-0.4, -0.2) is 41.0 Å². The summed E-state index contributed by atoms with van der Waals surface area (Å²) in [6.45, 7) is 8.99.